The van der Waals surface area contributed by atoms with Gasteiger partial charge in [-0.2, -0.15) is 0 Å². The molecule has 0 amide bonds. The minimum Gasteiger partial charge on any atom is -0.469 e. The molecule has 100 valence electrons. The van der Waals surface area contributed by atoms with Crippen LogP contribution in [0.25, 0.3) is 0 Å². The Balaban J connectivity index is 1.81. The molecule has 0 saturated carbocycles. The molecule has 0 aliphatic carbocycles. The van der Waals surface area contributed by atoms with Crippen molar-refractivity contribution in [3.8, 4) is 0 Å². The zero-order chi connectivity index (χ0) is 13.0. The number of hydrogen-bond donors (Lipinski definition) is 1. The van der Waals surface area contributed by atoms with E-state index in [9.17, 15) is 4.79 Å². The van der Waals surface area contributed by atoms with Gasteiger partial charge < -0.3 is 14.8 Å². The van der Waals surface area contributed by atoms with E-state index in [-0.39, 0.29) is 12.4 Å². The first-order chi connectivity index (χ1) is 8.69. The molecule has 0 radical (unpaired) electrons. The van der Waals surface area contributed by atoms with Crippen LogP contribution in [0.5, 0.6) is 0 Å². The van der Waals surface area contributed by atoms with Gasteiger partial charge in [0, 0.05) is 24.4 Å². The highest BCUT2D eigenvalue weighted by Crippen LogP contribution is 2.22. The van der Waals surface area contributed by atoms with Crippen LogP contribution >= 0.6 is 11.3 Å². The number of rotatable bonds is 5. The van der Waals surface area contributed by atoms with E-state index in [1.165, 1.54) is 18.4 Å². The maximum atomic E-state index is 11.1. The Morgan fingerprint density at radius 1 is 1.72 bits per heavy atom. The van der Waals surface area contributed by atoms with Crippen molar-refractivity contribution in [2.24, 2.45) is 5.92 Å². The number of ether oxygens (including phenoxy) is 2. The van der Waals surface area contributed by atoms with Crippen molar-refractivity contribution in [2.75, 3.05) is 25.6 Å². The summed E-state index contributed by atoms with van der Waals surface area (Å²) in [6, 6.07) is 0. The molecule has 0 aromatic carbocycles. The van der Waals surface area contributed by atoms with Crippen molar-refractivity contribution in [2.45, 2.75) is 25.9 Å². The van der Waals surface area contributed by atoms with Crippen LogP contribution in [-0.4, -0.2) is 37.3 Å². The standard InChI is InChI=1S/C12H18N2O3S/c1-8-9(3-4-17-8)6-13-12-14-10(7-18-12)5-11(15)16-2/h7-9H,3-6H2,1-2H3,(H,13,14). The fourth-order valence-corrected chi connectivity index (χ4v) is 2.67. The number of anilines is 1. The third-order valence-electron chi connectivity index (χ3n) is 3.15. The van der Waals surface area contributed by atoms with E-state index >= 15 is 0 Å². The molecule has 1 fully saturated rings. The summed E-state index contributed by atoms with van der Waals surface area (Å²) < 4.78 is 10.1. The minimum atomic E-state index is -0.260. The summed E-state index contributed by atoms with van der Waals surface area (Å²) >= 11 is 1.52. The Morgan fingerprint density at radius 2 is 2.56 bits per heavy atom. The molecule has 1 aromatic heterocycles. The molecule has 0 spiro atoms. The number of carbonyl (C=O) groups excluding carboxylic acids is 1. The molecule has 1 aliphatic rings. The van der Waals surface area contributed by atoms with Crippen molar-refractivity contribution >= 4 is 22.4 Å². The van der Waals surface area contributed by atoms with E-state index in [4.69, 9.17) is 4.74 Å². The van der Waals surface area contributed by atoms with Crippen LogP contribution in [0.2, 0.25) is 0 Å². The van der Waals surface area contributed by atoms with Gasteiger partial charge in [-0.25, -0.2) is 4.98 Å². The molecule has 2 rings (SSSR count). The van der Waals surface area contributed by atoms with E-state index in [0.29, 0.717) is 12.0 Å². The molecule has 1 saturated heterocycles. The maximum Gasteiger partial charge on any atom is 0.311 e. The van der Waals surface area contributed by atoms with E-state index in [0.717, 1.165) is 30.4 Å². The molecular weight excluding hydrogens is 252 g/mol. The number of aromatic nitrogens is 1. The molecule has 6 heteroatoms. The lowest BCUT2D eigenvalue weighted by molar-refractivity contribution is -0.139. The Morgan fingerprint density at radius 3 is 3.22 bits per heavy atom. The number of esters is 1. The lowest BCUT2D eigenvalue weighted by Gasteiger charge is -2.13. The first-order valence-corrected chi connectivity index (χ1v) is 6.93. The topological polar surface area (TPSA) is 60.5 Å². The fraction of sp³-hybridized carbons (Fsp3) is 0.667. The molecule has 1 N–H and O–H groups in total. The summed E-state index contributed by atoms with van der Waals surface area (Å²) in [7, 11) is 1.38. The zero-order valence-corrected chi connectivity index (χ0v) is 11.5. The van der Waals surface area contributed by atoms with Gasteiger partial charge in [-0.05, 0) is 13.3 Å². The molecule has 2 unspecified atom stereocenters. The second-order valence-corrected chi connectivity index (χ2v) is 5.26. The van der Waals surface area contributed by atoms with Gasteiger partial charge in [0.2, 0.25) is 0 Å². The van der Waals surface area contributed by atoms with Crippen LogP contribution in [0.4, 0.5) is 5.13 Å². The number of hydrogen-bond acceptors (Lipinski definition) is 6. The highest BCUT2D eigenvalue weighted by Gasteiger charge is 2.24. The van der Waals surface area contributed by atoms with Crippen molar-refractivity contribution in [1.29, 1.82) is 0 Å². The third kappa shape index (κ3) is 3.43. The number of methoxy groups -OCH3 is 1. The summed E-state index contributed by atoms with van der Waals surface area (Å²) in [4.78, 5) is 15.5. The maximum absolute atomic E-state index is 11.1. The molecule has 18 heavy (non-hydrogen) atoms. The summed E-state index contributed by atoms with van der Waals surface area (Å²) in [5.74, 6) is 0.280. The van der Waals surface area contributed by atoms with Gasteiger partial charge in [0.1, 0.15) is 0 Å². The molecule has 0 bridgehead atoms. The largest absolute Gasteiger partial charge is 0.469 e. The van der Waals surface area contributed by atoms with E-state index < -0.39 is 0 Å². The normalized spacial score (nSPS) is 23.0. The lowest BCUT2D eigenvalue weighted by atomic mass is 10.0. The van der Waals surface area contributed by atoms with Gasteiger partial charge in [0.05, 0.1) is 25.3 Å². The zero-order valence-electron chi connectivity index (χ0n) is 10.6. The van der Waals surface area contributed by atoms with Crippen LogP contribution in [0.15, 0.2) is 5.38 Å². The van der Waals surface area contributed by atoms with Crippen LogP contribution in [0.3, 0.4) is 0 Å². The van der Waals surface area contributed by atoms with E-state index in [1.807, 2.05) is 5.38 Å². The van der Waals surface area contributed by atoms with Gasteiger partial charge in [-0.3, -0.25) is 4.79 Å². The average molecular weight is 270 g/mol. The Hall–Kier alpha value is -1.14. The number of nitrogens with zero attached hydrogens (tertiary/aromatic N) is 1. The quantitative estimate of drug-likeness (QED) is 0.825. The predicted molar refractivity (Wildman–Crippen MR) is 69.8 cm³/mol. The second-order valence-electron chi connectivity index (χ2n) is 4.40. The van der Waals surface area contributed by atoms with Crippen LogP contribution < -0.4 is 5.32 Å². The Bertz CT molecular complexity index is 408. The summed E-state index contributed by atoms with van der Waals surface area (Å²) in [6.45, 7) is 3.81. The molecule has 1 aliphatic heterocycles. The fourth-order valence-electron chi connectivity index (χ4n) is 1.95. The molecule has 1 aromatic rings. The predicted octanol–water partition coefficient (Wildman–Crippen LogP) is 1.70. The lowest BCUT2D eigenvalue weighted by Crippen LogP contribution is -2.20. The number of nitrogens with one attached hydrogen (secondary N) is 1. The Kier molecular flexibility index (Phi) is 4.54. The minimum absolute atomic E-state index is 0.234. The van der Waals surface area contributed by atoms with Crippen molar-refractivity contribution in [1.82, 2.24) is 4.98 Å². The number of carbonyl (C=O) groups is 1. The van der Waals surface area contributed by atoms with Crippen molar-refractivity contribution in [3.05, 3.63) is 11.1 Å². The van der Waals surface area contributed by atoms with Crippen molar-refractivity contribution < 1.29 is 14.3 Å². The monoisotopic (exact) mass is 270 g/mol. The van der Waals surface area contributed by atoms with Crippen LogP contribution in [-0.2, 0) is 20.7 Å². The van der Waals surface area contributed by atoms with Gasteiger partial charge in [-0.15, -0.1) is 11.3 Å². The van der Waals surface area contributed by atoms with Crippen LogP contribution in [0.1, 0.15) is 19.0 Å². The van der Waals surface area contributed by atoms with Gasteiger partial charge in [-0.1, -0.05) is 0 Å². The van der Waals surface area contributed by atoms with E-state index in [2.05, 4.69) is 22.0 Å². The SMILES string of the molecule is COC(=O)Cc1csc(NCC2CCOC2C)n1. The summed E-state index contributed by atoms with van der Waals surface area (Å²) in [5, 5.41) is 6.04. The molecule has 2 atom stereocenters. The summed E-state index contributed by atoms with van der Waals surface area (Å²) in [6.07, 6.45) is 1.64. The Labute approximate surface area is 111 Å². The first kappa shape index (κ1) is 13.3. The molecule has 2 heterocycles. The third-order valence-corrected chi connectivity index (χ3v) is 4.00. The van der Waals surface area contributed by atoms with Crippen molar-refractivity contribution in [3.63, 3.8) is 0 Å². The highest BCUT2D eigenvalue weighted by atomic mass is 32.1. The average Bonchev–Trinajstić information content (AvgIpc) is 2.96. The first-order valence-electron chi connectivity index (χ1n) is 6.05. The molecule has 5 nitrogen and oxygen atoms in total. The van der Waals surface area contributed by atoms with E-state index in [1.54, 1.807) is 0 Å². The smallest absolute Gasteiger partial charge is 0.311 e. The van der Waals surface area contributed by atoms with Gasteiger partial charge in [0.15, 0.2) is 5.13 Å². The second kappa shape index (κ2) is 6.15. The van der Waals surface area contributed by atoms with Crippen LogP contribution in [0, 0.1) is 5.92 Å². The number of thiazole rings is 1. The highest BCUT2D eigenvalue weighted by molar-refractivity contribution is 7.13. The summed E-state index contributed by atoms with van der Waals surface area (Å²) in [5.41, 5.74) is 0.755. The van der Waals surface area contributed by atoms with Gasteiger partial charge >= 0.3 is 5.97 Å². The van der Waals surface area contributed by atoms with Gasteiger partial charge in [0.25, 0.3) is 0 Å². The molecular formula is C12H18N2O3S.